The molecule has 0 amide bonds. The second kappa shape index (κ2) is 7.04. The molecule has 0 aliphatic rings. The smallest absolute Gasteiger partial charge is 0.285 e. The summed E-state index contributed by atoms with van der Waals surface area (Å²) in [5, 5.41) is 0. The van der Waals surface area contributed by atoms with Gasteiger partial charge in [0, 0.05) is 5.56 Å². The van der Waals surface area contributed by atoms with E-state index in [4.69, 9.17) is 4.74 Å². The van der Waals surface area contributed by atoms with Crippen molar-refractivity contribution in [3.63, 3.8) is 0 Å². The lowest BCUT2D eigenvalue weighted by Crippen LogP contribution is -2.37. The fraction of sp³-hybridized carbons (Fsp3) is 0.150. The van der Waals surface area contributed by atoms with Gasteiger partial charge in [0.2, 0.25) is 18.5 Å². The first-order chi connectivity index (χ1) is 11.6. The molecule has 4 heteroatoms. The number of hydrogen-bond acceptors (Lipinski definition) is 3. The van der Waals surface area contributed by atoms with Crippen LogP contribution in [0.1, 0.15) is 21.5 Å². The molecule has 0 atom stereocenters. The zero-order valence-corrected chi connectivity index (χ0v) is 13.8. The van der Waals surface area contributed by atoms with Gasteiger partial charge in [-0.05, 0) is 31.0 Å². The third kappa shape index (κ3) is 3.84. The minimum absolute atomic E-state index is 0.0458. The molecule has 0 aliphatic carbocycles. The van der Waals surface area contributed by atoms with Crippen LogP contribution in [0.4, 0.5) is 0 Å². The third-order valence-electron chi connectivity index (χ3n) is 3.72. The summed E-state index contributed by atoms with van der Waals surface area (Å²) in [6.45, 7) is 4.25. The lowest BCUT2D eigenvalue weighted by atomic mass is 10.1. The standard InChI is InChI=1S/C20H19N2O2/c1-15-8-9-16(2)19(12-15)24-20-14-22(11-10-21-20)13-18(23)17-6-4-3-5-7-17/h3-12,14H,13H2,1-2H3/q+1. The van der Waals surface area contributed by atoms with Crippen LogP contribution in [0.3, 0.4) is 0 Å². The SMILES string of the molecule is Cc1ccc(C)c(Oc2c[n+](CC(=O)c3ccccc3)ccn2)c1. The van der Waals surface area contributed by atoms with Gasteiger partial charge in [0.25, 0.3) is 5.88 Å². The number of benzene rings is 2. The fourth-order valence-electron chi connectivity index (χ4n) is 2.37. The van der Waals surface area contributed by atoms with E-state index in [1.165, 1.54) is 0 Å². The molecule has 1 aromatic heterocycles. The summed E-state index contributed by atoms with van der Waals surface area (Å²) in [5.74, 6) is 1.28. The highest BCUT2D eigenvalue weighted by Gasteiger charge is 2.14. The number of rotatable bonds is 5. The Balaban J connectivity index is 1.77. The van der Waals surface area contributed by atoms with Crippen LogP contribution in [-0.4, -0.2) is 10.8 Å². The Hall–Kier alpha value is -3.01. The Morgan fingerprint density at radius 2 is 1.92 bits per heavy atom. The molecule has 120 valence electrons. The van der Waals surface area contributed by atoms with Gasteiger partial charge in [0.05, 0.1) is 6.20 Å². The maximum atomic E-state index is 12.3. The maximum absolute atomic E-state index is 12.3. The molecule has 0 N–H and O–H groups in total. The Kier molecular flexibility index (Phi) is 4.66. The average molecular weight is 319 g/mol. The van der Waals surface area contributed by atoms with Gasteiger partial charge in [-0.3, -0.25) is 4.79 Å². The van der Waals surface area contributed by atoms with E-state index < -0.39 is 0 Å². The zero-order chi connectivity index (χ0) is 16.9. The molecule has 0 radical (unpaired) electrons. The predicted molar refractivity (Wildman–Crippen MR) is 91.2 cm³/mol. The molecule has 1 heterocycles. The molecular formula is C20H19N2O2+. The van der Waals surface area contributed by atoms with Crippen LogP contribution in [-0.2, 0) is 6.54 Å². The highest BCUT2D eigenvalue weighted by Crippen LogP contribution is 2.23. The minimum Gasteiger partial charge on any atom is -0.434 e. The molecule has 4 nitrogen and oxygen atoms in total. The van der Waals surface area contributed by atoms with E-state index >= 15 is 0 Å². The topological polar surface area (TPSA) is 43.1 Å². The number of hydrogen-bond donors (Lipinski definition) is 0. The van der Waals surface area contributed by atoms with Gasteiger partial charge in [-0.15, -0.1) is 0 Å². The lowest BCUT2D eigenvalue weighted by molar-refractivity contribution is -0.683. The molecule has 3 rings (SSSR count). The number of carbonyl (C=O) groups is 1. The van der Waals surface area contributed by atoms with Crippen molar-refractivity contribution in [3.8, 4) is 11.6 Å². The second-order valence-corrected chi connectivity index (χ2v) is 5.73. The first-order valence-corrected chi connectivity index (χ1v) is 7.80. The molecule has 0 saturated carbocycles. The molecular weight excluding hydrogens is 300 g/mol. The van der Waals surface area contributed by atoms with Gasteiger partial charge < -0.3 is 4.74 Å². The highest BCUT2D eigenvalue weighted by atomic mass is 16.5. The molecule has 2 aromatic carbocycles. The number of aryl methyl sites for hydroxylation is 2. The van der Waals surface area contributed by atoms with Gasteiger partial charge in [-0.1, -0.05) is 42.5 Å². The quantitative estimate of drug-likeness (QED) is 0.532. The molecule has 0 aliphatic heterocycles. The predicted octanol–water partition coefficient (Wildman–Crippen LogP) is 3.66. The number of ether oxygens (including phenoxy) is 1. The van der Waals surface area contributed by atoms with Gasteiger partial charge in [0.15, 0.2) is 6.20 Å². The van der Waals surface area contributed by atoms with E-state index in [1.54, 1.807) is 23.2 Å². The van der Waals surface area contributed by atoms with Crippen molar-refractivity contribution in [2.45, 2.75) is 20.4 Å². The van der Waals surface area contributed by atoms with Gasteiger partial charge in [0.1, 0.15) is 5.75 Å². The van der Waals surface area contributed by atoms with Gasteiger partial charge >= 0.3 is 0 Å². The van der Waals surface area contributed by atoms with Crippen LogP contribution in [0.25, 0.3) is 0 Å². The van der Waals surface area contributed by atoms with E-state index in [0.29, 0.717) is 11.4 Å². The summed E-state index contributed by atoms with van der Waals surface area (Å²) in [6.07, 6.45) is 5.14. The average Bonchev–Trinajstić information content (AvgIpc) is 2.59. The van der Waals surface area contributed by atoms with Crippen molar-refractivity contribution in [1.29, 1.82) is 0 Å². The Labute approximate surface area is 141 Å². The first kappa shape index (κ1) is 15.9. The Bertz CT molecular complexity index is 861. The molecule has 0 unspecified atom stereocenters. The summed E-state index contributed by atoms with van der Waals surface area (Å²) < 4.78 is 7.66. The van der Waals surface area contributed by atoms with Crippen molar-refractivity contribution in [3.05, 3.63) is 83.8 Å². The molecule has 24 heavy (non-hydrogen) atoms. The van der Waals surface area contributed by atoms with Crippen LogP contribution in [0.2, 0.25) is 0 Å². The second-order valence-electron chi connectivity index (χ2n) is 5.73. The summed E-state index contributed by atoms with van der Waals surface area (Å²) >= 11 is 0. The monoisotopic (exact) mass is 319 g/mol. The van der Waals surface area contributed by atoms with E-state index in [1.807, 2.05) is 62.4 Å². The lowest BCUT2D eigenvalue weighted by Gasteiger charge is -2.07. The molecule has 0 bridgehead atoms. The van der Waals surface area contributed by atoms with Gasteiger partial charge in [-0.2, -0.15) is 4.57 Å². The molecule has 3 aromatic rings. The van der Waals surface area contributed by atoms with Crippen LogP contribution in [0.5, 0.6) is 11.6 Å². The van der Waals surface area contributed by atoms with Crippen molar-refractivity contribution >= 4 is 5.78 Å². The van der Waals surface area contributed by atoms with Crippen molar-refractivity contribution in [1.82, 2.24) is 4.98 Å². The number of ketones is 1. The molecule has 0 fully saturated rings. The molecule has 0 spiro atoms. The van der Waals surface area contributed by atoms with E-state index in [0.717, 1.165) is 16.9 Å². The minimum atomic E-state index is 0.0458. The number of Topliss-reactive ketones (excluding diaryl/α,β-unsaturated/α-hetero) is 1. The molecule has 0 saturated heterocycles. The summed E-state index contributed by atoms with van der Waals surface area (Å²) in [5.41, 5.74) is 2.86. The number of nitrogens with zero attached hydrogens (tertiary/aromatic N) is 2. The Morgan fingerprint density at radius 1 is 1.12 bits per heavy atom. The highest BCUT2D eigenvalue weighted by molar-refractivity contribution is 5.94. The Morgan fingerprint density at radius 3 is 2.71 bits per heavy atom. The largest absolute Gasteiger partial charge is 0.434 e. The van der Waals surface area contributed by atoms with Crippen LogP contribution in [0.15, 0.2) is 67.1 Å². The van der Waals surface area contributed by atoms with Crippen LogP contribution in [0, 0.1) is 13.8 Å². The van der Waals surface area contributed by atoms with Crippen LogP contribution >= 0.6 is 0 Å². The van der Waals surface area contributed by atoms with E-state index in [2.05, 4.69) is 4.98 Å². The normalized spacial score (nSPS) is 10.4. The van der Waals surface area contributed by atoms with Crippen molar-refractivity contribution in [2.24, 2.45) is 0 Å². The number of carbonyl (C=O) groups excluding carboxylic acids is 1. The van der Waals surface area contributed by atoms with Crippen molar-refractivity contribution < 1.29 is 14.1 Å². The third-order valence-corrected chi connectivity index (χ3v) is 3.72. The first-order valence-electron chi connectivity index (χ1n) is 7.80. The summed E-state index contributed by atoms with van der Waals surface area (Å²) in [4.78, 5) is 16.5. The summed E-state index contributed by atoms with van der Waals surface area (Å²) in [6, 6.07) is 15.3. The number of aromatic nitrogens is 2. The van der Waals surface area contributed by atoms with E-state index in [9.17, 15) is 4.79 Å². The van der Waals surface area contributed by atoms with E-state index in [-0.39, 0.29) is 12.3 Å². The summed E-state index contributed by atoms with van der Waals surface area (Å²) in [7, 11) is 0. The fourth-order valence-corrected chi connectivity index (χ4v) is 2.37. The van der Waals surface area contributed by atoms with Crippen molar-refractivity contribution in [2.75, 3.05) is 0 Å². The van der Waals surface area contributed by atoms with Gasteiger partial charge in [-0.25, -0.2) is 4.98 Å². The maximum Gasteiger partial charge on any atom is 0.285 e. The van der Waals surface area contributed by atoms with Crippen LogP contribution < -0.4 is 9.30 Å². The zero-order valence-electron chi connectivity index (χ0n) is 13.8.